The van der Waals surface area contributed by atoms with Gasteiger partial charge in [0.2, 0.25) is 0 Å². The summed E-state index contributed by atoms with van der Waals surface area (Å²) in [7, 11) is 0. The Morgan fingerprint density at radius 3 is 2.30 bits per heavy atom. The monoisotopic (exact) mass is 145 g/mol. The van der Waals surface area contributed by atoms with Crippen LogP contribution in [0.15, 0.2) is 0 Å². The Morgan fingerprint density at radius 2 is 2.00 bits per heavy atom. The second-order valence-electron chi connectivity index (χ2n) is 2.80. The lowest BCUT2D eigenvalue weighted by molar-refractivity contribution is -0.140. The summed E-state index contributed by atoms with van der Waals surface area (Å²) < 4.78 is 0. The number of hydrogen-bond donors (Lipinski definition) is 2. The van der Waals surface area contributed by atoms with Gasteiger partial charge in [-0.1, -0.05) is 20.8 Å². The largest absolute Gasteiger partial charge is 0.481 e. The van der Waals surface area contributed by atoms with Gasteiger partial charge in [0.25, 0.3) is 0 Å². The van der Waals surface area contributed by atoms with Gasteiger partial charge >= 0.3 is 5.97 Å². The molecule has 0 radical (unpaired) electrons. The van der Waals surface area contributed by atoms with E-state index in [2.05, 4.69) is 5.32 Å². The summed E-state index contributed by atoms with van der Waals surface area (Å²) in [5.41, 5.74) is 0. The molecule has 0 bridgehead atoms. The van der Waals surface area contributed by atoms with Crippen molar-refractivity contribution in [2.45, 2.75) is 26.8 Å². The first kappa shape index (κ1) is 9.43. The van der Waals surface area contributed by atoms with Gasteiger partial charge in [0.1, 0.15) is 0 Å². The predicted octanol–water partition coefficient (Wildman–Crippen LogP) is 0.705. The van der Waals surface area contributed by atoms with Gasteiger partial charge in [-0.15, -0.1) is 0 Å². The summed E-state index contributed by atoms with van der Waals surface area (Å²) >= 11 is 0. The Hall–Kier alpha value is -0.570. The Morgan fingerprint density at radius 1 is 1.50 bits per heavy atom. The summed E-state index contributed by atoms with van der Waals surface area (Å²) in [4.78, 5) is 10.3. The second kappa shape index (κ2) is 4.28. The maximum atomic E-state index is 10.3. The number of carboxylic acids is 1. The van der Waals surface area contributed by atoms with Crippen LogP contribution in [0, 0.1) is 5.92 Å². The van der Waals surface area contributed by atoms with E-state index >= 15 is 0 Å². The third kappa shape index (κ3) is 4.32. The summed E-state index contributed by atoms with van der Waals surface area (Å²) in [5, 5.41) is 11.5. The number of carboxylic acid groups (broad SMARTS) is 1. The van der Waals surface area contributed by atoms with Crippen molar-refractivity contribution in [3.63, 3.8) is 0 Å². The van der Waals surface area contributed by atoms with E-state index in [4.69, 9.17) is 5.11 Å². The molecule has 0 spiro atoms. The Labute approximate surface area is 61.4 Å². The van der Waals surface area contributed by atoms with Gasteiger partial charge < -0.3 is 10.4 Å². The summed E-state index contributed by atoms with van der Waals surface area (Å²) in [6.07, 6.45) is 0. The molecule has 1 atom stereocenters. The second-order valence-corrected chi connectivity index (χ2v) is 2.80. The molecule has 2 N–H and O–H groups in total. The van der Waals surface area contributed by atoms with Crippen molar-refractivity contribution in [2.24, 2.45) is 5.92 Å². The first-order valence-electron chi connectivity index (χ1n) is 3.50. The quantitative estimate of drug-likeness (QED) is 0.612. The summed E-state index contributed by atoms with van der Waals surface area (Å²) in [6, 6.07) is 0.363. The number of hydrogen-bond acceptors (Lipinski definition) is 2. The van der Waals surface area contributed by atoms with E-state index in [0.29, 0.717) is 12.6 Å². The average Bonchev–Trinajstić information content (AvgIpc) is 1.82. The number of carbonyl (C=O) groups is 1. The minimum Gasteiger partial charge on any atom is -0.481 e. The molecule has 3 heteroatoms. The molecule has 0 heterocycles. The van der Waals surface area contributed by atoms with Crippen LogP contribution in [-0.2, 0) is 4.79 Å². The molecule has 0 saturated carbocycles. The lowest BCUT2D eigenvalue weighted by atomic mass is 10.2. The van der Waals surface area contributed by atoms with Crippen LogP contribution in [-0.4, -0.2) is 23.7 Å². The van der Waals surface area contributed by atoms with Crippen molar-refractivity contribution in [3.05, 3.63) is 0 Å². The van der Waals surface area contributed by atoms with Gasteiger partial charge in [-0.25, -0.2) is 0 Å². The molecule has 0 aliphatic rings. The van der Waals surface area contributed by atoms with E-state index < -0.39 is 5.97 Å². The highest BCUT2D eigenvalue weighted by molar-refractivity contribution is 5.69. The van der Waals surface area contributed by atoms with Gasteiger partial charge in [0, 0.05) is 12.6 Å². The lowest BCUT2D eigenvalue weighted by Crippen LogP contribution is -2.31. The molecule has 60 valence electrons. The Balaban J connectivity index is 3.40. The minimum atomic E-state index is -0.742. The van der Waals surface area contributed by atoms with E-state index in [1.807, 2.05) is 13.8 Å². The van der Waals surface area contributed by atoms with E-state index in [1.165, 1.54) is 0 Å². The molecule has 0 amide bonds. The van der Waals surface area contributed by atoms with Crippen molar-refractivity contribution in [3.8, 4) is 0 Å². The maximum Gasteiger partial charge on any atom is 0.307 e. The molecule has 0 aromatic carbocycles. The average molecular weight is 145 g/mol. The van der Waals surface area contributed by atoms with Crippen molar-refractivity contribution in [1.29, 1.82) is 0 Å². The highest BCUT2D eigenvalue weighted by atomic mass is 16.4. The van der Waals surface area contributed by atoms with Crippen LogP contribution in [0.2, 0.25) is 0 Å². The SMILES string of the molecule is CC(C)NCC(C)C(=O)O. The van der Waals surface area contributed by atoms with Gasteiger partial charge in [-0.3, -0.25) is 4.79 Å². The molecule has 0 aliphatic heterocycles. The molecule has 0 aromatic heterocycles. The molecular weight excluding hydrogens is 130 g/mol. The fraction of sp³-hybridized carbons (Fsp3) is 0.857. The standard InChI is InChI=1S/C7H15NO2/c1-5(2)8-4-6(3)7(9)10/h5-6,8H,4H2,1-3H3,(H,9,10). The van der Waals surface area contributed by atoms with Gasteiger partial charge in [0.05, 0.1) is 5.92 Å². The van der Waals surface area contributed by atoms with Crippen molar-refractivity contribution < 1.29 is 9.90 Å². The fourth-order valence-corrected chi connectivity index (χ4v) is 0.500. The molecule has 10 heavy (non-hydrogen) atoms. The summed E-state index contributed by atoms with van der Waals surface area (Å²) in [6.45, 7) is 6.23. The molecule has 1 unspecified atom stereocenters. The zero-order chi connectivity index (χ0) is 8.15. The van der Waals surface area contributed by atoms with Crippen LogP contribution < -0.4 is 5.32 Å². The number of nitrogens with one attached hydrogen (secondary N) is 1. The Bertz CT molecular complexity index is 112. The molecule has 0 rings (SSSR count). The molecule has 0 aliphatic carbocycles. The van der Waals surface area contributed by atoms with Crippen LogP contribution in [0.4, 0.5) is 0 Å². The molecule has 0 fully saturated rings. The van der Waals surface area contributed by atoms with Crippen LogP contribution >= 0.6 is 0 Å². The van der Waals surface area contributed by atoms with Crippen LogP contribution in [0.1, 0.15) is 20.8 Å². The van der Waals surface area contributed by atoms with Crippen LogP contribution in [0.25, 0.3) is 0 Å². The van der Waals surface area contributed by atoms with Crippen molar-refractivity contribution in [2.75, 3.05) is 6.54 Å². The van der Waals surface area contributed by atoms with E-state index in [0.717, 1.165) is 0 Å². The zero-order valence-corrected chi connectivity index (χ0v) is 6.72. The predicted molar refractivity (Wildman–Crippen MR) is 39.9 cm³/mol. The van der Waals surface area contributed by atoms with Gasteiger partial charge in [0.15, 0.2) is 0 Å². The smallest absolute Gasteiger partial charge is 0.307 e. The number of rotatable bonds is 4. The van der Waals surface area contributed by atoms with Gasteiger partial charge in [-0.2, -0.15) is 0 Å². The van der Waals surface area contributed by atoms with Crippen LogP contribution in [0.3, 0.4) is 0 Å². The Kier molecular flexibility index (Phi) is 4.03. The minimum absolute atomic E-state index is 0.289. The van der Waals surface area contributed by atoms with E-state index in [-0.39, 0.29) is 5.92 Å². The van der Waals surface area contributed by atoms with Crippen LogP contribution in [0.5, 0.6) is 0 Å². The fourth-order valence-electron chi connectivity index (χ4n) is 0.500. The first-order chi connectivity index (χ1) is 4.54. The number of aliphatic carboxylic acids is 1. The maximum absolute atomic E-state index is 10.3. The first-order valence-corrected chi connectivity index (χ1v) is 3.50. The molecule has 0 saturated heterocycles. The van der Waals surface area contributed by atoms with E-state index in [1.54, 1.807) is 6.92 Å². The molecule has 3 nitrogen and oxygen atoms in total. The van der Waals surface area contributed by atoms with Crippen molar-refractivity contribution >= 4 is 5.97 Å². The third-order valence-corrected chi connectivity index (χ3v) is 1.25. The normalized spacial score (nSPS) is 13.6. The van der Waals surface area contributed by atoms with E-state index in [9.17, 15) is 4.79 Å². The molecular formula is C7H15NO2. The van der Waals surface area contributed by atoms with Crippen molar-refractivity contribution in [1.82, 2.24) is 5.32 Å². The molecule has 0 aromatic rings. The zero-order valence-electron chi connectivity index (χ0n) is 6.72. The lowest BCUT2D eigenvalue weighted by Gasteiger charge is -2.10. The topological polar surface area (TPSA) is 49.3 Å². The van der Waals surface area contributed by atoms with Gasteiger partial charge in [-0.05, 0) is 0 Å². The highest BCUT2D eigenvalue weighted by Gasteiger charge is 2.09. The third-order valence-electron chi connectivity index (χ3n) is 1.25. The summed E-state index contributed by atoms with van der Waals surface area (Å²) in [5.74, 6) is -1.03. The highest BCUT2D eigenvalue weighted by Crippen LogP contribution is 1.91.